The molecule has 0 aliphatic carbocycles. The van der Waals surface area contributed by atoms with Gasteiger partial charge in [0.15, 0.2) is 5.83 Å². The zero-order valence-electron chi connectivity index (χ0n) is 20.4. The fourth-order valence-electron chi connectivity index (χ4n) is 4.14. The second-order valence-corrected chi connectivity index (χ2v) is 9.27. The first kappa shape index (κ1) is 26.2. The summed E-state index contributed by atoms with van der Waals surface area (Å²) in [6.45, 7) is 3.76. The van der Waals surface area contributed by atoms with Crippen molar-refractivity contribution < 1.29 is 27.8 Å². The Bertz CT molecular complexity index is 1350. The van der Waals surface area contributed by atoms with Gasteiger partial charge < -0.3 is 24.8 Å². The molecule has 1 amide bonds. The summed E-state index contributed by atoms with van der Waals surface area (Å²) < 4.78 is 45.2. The Morgan fingerprint density at radius 2 is 2.03 bits per heavy atom. The molecule has 2 fully saturated rings. The molecular weight excluding hydrogens is 520 g/mol. The lowest BCUT2D eigenvalue weighted by Gasteiger charge is -2.25. The van der Waals surface area contributed by atoms with E-state index in [1.807, 2.05) is 4.90 Å². The van der Waals surface area contributed by atoms with Gasteiger partial charge in [-0.1, -0.05) is 11.6 Å². The summed E-state index contributed by atoms with van der Waals surface area (Å²) in [4.78, 5) is 23.4. The molecule has 0 spiro atoms. The molecule has 1 unspecified atom stereocenters. The Labute approximate surface area is 222 Å². The van der Waals surface area contributed by atoms with Gasteiger partial charge in [-0.15, -0.1) is 0 Å². The van der Waals surface area contributed by atoms with Gasteiger partial charge in [0.05, 0.1) is 42.7 Å². The van der Waals surface area contributed by atoms with Crippen LogP contribution in [0.5, 0.6) is 5.75 Å². The quantitative estimate of drug-likeness (QED) is 0.401. The van der Waals surface area contributed by atoms with Crippen LogP contribution >= 0.6 is 11.6 Å². The van der Waals surface area contributed by atoms with Crippen molar-refractivity contribution in [1.29, 1.82) is 0 Å². The monoisotopic (exact) mass is 545 g/mol. The lowest BCUT2D eigenvalue weighted by Crippen LogP contribution is -2.36. The molecule has 12 heteroatoms. The summed E-state index contributed by atoms with van der Waals surface area (Å²) in [6, 6.07) is 7.45. The number of ether oxygens (including phenoxy) is 3. The first-order valence-electron chi connectivity index (χ1n) is 12.2. The van der Waals surface area contributed by atoms with Crippen molar-refractivity contribution in [2.24, 2.45) is 0 Å². The standard InChI is InChI=1S/C26H26ClF2N5O4/c27-19-11-16(1-2-20(19)28)32-25-18-12-23(33-26(35)21(29)3-5-34-6-9-36-10-7-34)24(13-22(18)30-15-31-25)38-17-4-8-37-14-17/h1-3,11-13,15,17H,4-10,14H2,(H,33,35)(H,30,31,32). The van der Waals surface area contributed by atoms with E-state index >= 15 is 0 Å². The second-order valence-electron chi connectivity index (χ2n) is 8.86. The Morgan fingerprint density at radius 1 is 1.18 bits per heavy atom. The fraction of sp³-hybridized carbons (Fsp3) is 0.346. The van der Waals surface area contributed by atoms with E-state index in [1.54, 1.807) is 12.1 Å². The van der Waals surface area contributed by atoms with Gasteiger partial charge in [-0.05, 0) is 30.3 Å². The van der Waals surface area contributed by atoms with Gasteiger partial charge in [0.2, 0.25) is 0 Å². The van der Waals surface area contributed by atoms with Crippen LogP contribution in [-0.4, -0.2) is 72.9 Å². The number of carbonyl (C=O) groups is 1. The number of morpholine rings is 1. The third kappa shape index (κ3) is 6.36. The number of aromatic nitrogens is 2. The van der Waals surface area contributed by atoms with Crippen LogP contribution < -0.4 is 15.4 Å². The van der Waals surface area contributed by atoms with Crippen molar-refractivity contribution in [2.45, 2.75) is 12.5 Å². The van der Waals surface area contributed by atoms with Crippen LogP contribution in [0.15, 0.2) is 48.6 Å². The number of anilines is 3. The summed E-state index contributed by atoms with van der Waals surface area (Å²) in [7, 11) is 0. The van der Waals surface area contributed by atoms with Crippen LogP contribution in [0.4, 0.5) is 26.0 Å². The maximum absolute atomic E-state index is 14.8. The minimum absolute atomic E-state index is 0.0462. The molecule has 2 N–H and O–H groups in total. The first-order valence-corrected chi connectivity index (χ1v) is 12.6. The molecule has 9 nitrogen and oxygen atoms in total. The number of nitrogens with zero attached hydrogens (tertiary/aromatic N) is 3. The van der Waals surface area contributed by atoms with E-state index in [2.05, 4.69) is 20.6 Å². The number of amides is 1. The summed E-state index contributed by atoms with van der Waals surface area (Å²) in [6.07, 6.45) is 3.08. The van der Waals surface area contributed by atoms with E-state index < -0.39 is 17.6 Å². The second kappa shape index (κ2) is 12.0. The molecule has 2 aromatic carbocycles. The highest BCUT2D eigenvalue weighted by Crippen LogP contribution is 2.35. The molecule has 0 bridgehead atoms. The van der Waals surface area contributed by atoms with Crippen LogP contribution in [-0.2, 0) is 14.3 Å². The fourth-order valence-corrected chi connectivity index (χ4v) is 4.32. The number of nitrogens with one attached hydrogen (secondary N) is 2. The molecule has 2 aliphatic rings. The van der Waals surface area contributed by atoms with E-state index in [-0.39, 0.29) is 16.8 Å². The van der Waals surface area contributed by atoms with Crippen molar-refractivity contribution in [2.75, 3.05) is 56.7 Å². The van der Waals surface area contributed by atoms with Crippen LogP contribution in [0.25, 0.3) is 10.9 Å². The van der Waals surface area contributed by atoms with Crippen LogP contribution in [0.3, 0.4) is 0 Å². The summed E-state index contributed by atoms with van der Waals surface area (Å²) in [5, 5.41) is 6.19. The number of hydrogen-bond acceptors (Lipinski definition) is 8. The van der Waals surface area contributed by atoms with E-state index in [4.69, 9.17) is 25.8 Å². The Hall–Kier alpha value is -3.38. The van der Waals surface area contributed by atoms with Crippen LogP contribution in [0.2, 0.25) is 5.02 Å². The van der Waals surface area contributed by atoms with Gasteiger partial charge in [0.1, 0.15) is 29.8 Å². The van der Waals surface area contributed by atoms with Crippen molar-refractivity contribution >= 4 is 45.6 Å². The number of rotatable bonds is 8. The smallest absolute Gasteiger partial charge is 0.284 e. The molecule has 38 heavy (non-hydrogen) atoms. The highest BCUT2D eigenvalue weighted by molar-refractivity contribution is 6.31. The van der Waals surface area contributed by atoms with Gasteiger partial charge in [-0.3, -0.25) is 9.69 Å². The van der Waals surface area contributed by atoms with Gasteiger partial charge in [0.25, 0.3) is 5.91 Å². The third-order valence-electron chi connectivity index (χ3n) is 6.20. The molecule has 0 saturated carbocycles. The van der Waals surface area contributed by atoms with Crippen LogP contribution in [0.1, 0.15) is 6.42 Å². The summed E-state index contributed by atoms with van der Waals surface area (Å²) >= 11 is 5.92. The summed E-state index contributed by atoms with van der Waals surface area (Å²) in [5.41, 5.74) is 1.27. The van der Waals surface area contributed by atoms with Crippen molar-refractivity contribution in [1.82, 2.24) is 14.9 Å². The van der Waals surface area contributed by atoms with Gasteiger partial charge >= 0.3 is 0 Å². The first-order chi connectivity index (χ1) is 18.5. The number of benzene rings is 2. The summed E-state index contributed by atoms with van der Waals surface area (Å²) in [5.74, 6) is -1.64. The van der Waals surface area contributed by atoms with Gasteiger partial charge in [-0.25, -0.2) is 18.7 Å². The molecular formula is C26H26ClF2N5O4. The zero-order valence-corrected chi connectivity index (χ0v) is 21.1. The highest BCUT2D eigenvalue weighted by atomic mass is 35.5. The highest BCUT2D eigenvalue weighted by Gasteiger charge is 2.22. The minimum Gasteiger partial charge on any atom is -0.486 e. The molecule has 1 aromatic heterocycles. The van der Waals surface area contributed by atoms with E-state index in [1.165, 1.54) is 30.6 Å². The molecule has 3 aromatic rings. The van der Waals surface area contributed by atoms with E-state index in [9.17, 15) is 13.6 Å². The van der Waals surface area contributed by atoms with Gasteiger partial charge in [-0.2, -0.15) is 0 Å². The number of halogens is 3. The predicted octanol–water partition coefficient (Wildman–Crippen LogP) is 4.46. The minimum atomic E-state index is -0.907. The molecule has 2 saturated heterocycles. The number of hydrogen-bond donors (Lipinski definition) is 2. The molecule has 1 atom stereocenters. The molecule has 3 heterocycles. The zero-order chi connectivity index (χ0) is 26.5. The van der Waals surface area contributed by atoms with Gasteiger partial charge in [0, 0.05) is 43.2 Å². The van der Waals surface area contributed by atoms with E-state index in [0.29, 0.717) is 80.6 Å². The average molecular weight is 546 g/mol. The Balaban J connectivity index is 1.43. The van der Waals surface area contributed by atoms with Crippen LogP contribution in [0, 0.1) is 5.82 Å². The SMILES string of the molecule is O=C(Nc1cc2c(Nc3ccc(F)c(Cl)c3)ncnc2cc1OC1CCOC1)C(F)=CCN1CCOCC1. The molecule has 5 rings (SSSR count). The molecule has 2 aliphatic heterocycles. The Kier molecular flexibility index (Phi) is 8.28. The predicted molar refractivity (Wildman–Crippen MR) is 139 cm³/mol. The molecule has 0 radical (unpaired) electrons. The van der Waals surface area contributed by atoms with Crippen molar-refractivity contribution in [3.05, 3.63) is 59.4 Å². The maximum atomic E-state index is 14.8. The number of carbonyl (C=O) groups excluding carboxylic acids is 1. The topological polar surface area (TPSA) is 97.8 Å². The lowest BCUT2D eigenvalue weighted by molar-refractivity contribution is -0.114. The third-order valence-corrected chi connectivity index (χ3v) is 6.49. The number of fused-ring (bicyclic) bond motifs is 1. The normalized spacial score (nSPS) is 18.5. The van der Waals surface area contributed by atoms with E-state index in [0.717, 1.165) is 0 Å². The molecule has 200 valence electrons. The maximum Gasteiger partial charge on any atom is 0.284 e. The van der Waals surface area contributed by atoms with Crippen molar-refractivity contribution in [3.8, 4) is 5.75 Å². The largest absolute Gasteiger partial charge is 0.486 e. The average Bonchev–Trinajstić information content (AvgIpc) is 3.44. The Morgan fingerprint density at radius 3 is 2.79 bits per heavy atom. The van der Waals surface area contributed by atoms with Crippen molar-refractivity contribution in [3.63, 3.8) is 0 Å². The lowest BCUT2D eigenvalue weighted by atomic mass is 10.1.